The van der Waals surface area contributed by atoms with Gasteiger partial charge in [0.2, 0.25) is 5.91 Å². The topological polar surface area (TPSA) is 55.1 Å². The van der Waals surface area contributed by atoms with Gasteiger partial charge in [0, 0.05) is 17.0 Å². The molecule has 0 unspecified atom stereocenters. The van der Waals surface area contributed by atoms with Crippen LogP contribution < -0.4 is 11.1 Å². The van der Waals surface area contributed by atoms with Crippen molar-refractivity contribution in [2.24, 2.45) is 11.7 Å². The molecule has 0 aliphatic heterocycles. The smallest absolute Gasteiger partial charge is 0.224 e. The minimum absolute atomic E-state index is 0.000494. The largest absolute Gasteiger partial charge is 0.389 e. The number of anilines is 1. The zero-order chi connectivity index (χ0) is 13.1. The van der Waals surface area contributed by atoms with E-state index in [0.717, 1.165) is 12.8 Å². The molecule has 0 radical (unpaired) electrons. The van der Waals surface area contributed by atoms with Crippen molar-refractivity contribution in [3.63, 3.8) is 0 Å². The first kappa shape index (κ1) is 13.3. The van der Waals surface area contributed by atoms with Crippen molar-refractivity contribution < 1.29 is 4.79 Å². The molecule has 0 bridgehead atoms. The summed E-state index contributed by atoms with van der Waals surface area (Å²) >= 11 is 10.9. The number of rotatable bonds is 4. The molecule has 1 aliphatic rings. The van der Waals surface area contributed by atoms with Crippen LogP contribution in [0.3, 0.4) is 0 Å². The van der Waals surface area contributed by atoms with Crippen molar-refractivity contribution >= 4 is 40.4 Å². The second-order valence-electron chi connectivity index (χ2n) is 4.60. The summed E-state index contributed by atoms with van der Waals surface area (Å²) in [6.07, 6.45) is 4.08. The van der Waals surface area contributed by atoms with Crippen molar-refractivity contribution in [1.82, 2.24) is 0 Å². The van der Waals surface area contributed by atoms with Gasteiger partial charge in [0.05, 0.1) is 5.69 Å². The summed E-state index contributed by atoms with van der Waals surface area (Å²) in [5.74, 6) is 0.525. The molecule has 0 heterocycles. The molecule has 5 heteroatoms. The molecule has 0 atom stereocenters. The van der Waals surface area contributed by atoms with E-state index in [0.29, 0.717) is 28.6 Å². The molecule has 1 aromatic carbocycles. The molecular formula is C13H15ClN2OS. The lowest BCUT2D eigenvalue weighted by Crippen LogP contribution is -2.22. The lowest BCUT2D eigenvalue weighted by atomic mass is 9.83. The van der Waals surface area contributed by atoms with Crippen LogP contribution in [0, 0.1) is 5.92 Å². The minimum atomic E-state index is -0.000494. The molecule has 18 heavy (non-hydrogen) atoms. The second kappa shape index (κ2) is 5.67. The van der Waals surface area contributed by atoms with Crippen LogP contribution in [-0.4, -0.2) is 10.9 Å². The molecule has 0 aromatic heterocycles. The van der Waals surface area contributed by atoms with E-state index >= 15 is 0 Å². The van der Waals surface area contributed by atoms with E-state index in [1.165, 1.54) is 6.42 Å². The van der Waals surface area contributed by atoms with E-state index in [1.54, 1.807) is 18.2 Å². The van der Waals surface area contributed by atoms with Gasteiger partial charge in [-0.1, -0.05) is 30.2 Å². The Hall–Kier alpha value is -1.13. The van der Waals surface area contributed by atoms with E-state index in [4.69, 9.17) is 29.6 Å². The summed E-state index contributed by atoms with van der Waals surface area (Å²) in [5.41, 5.74) is 6.86. The molecule has 1 amide bonds. The van der Waals surface area contributed by atoms with Crippen LogP contribution in [0.25, 0.3) is 0 Å². The Morgan fingerprint density at radius 2 is 2.22 bits per heavy atom. The summed E-state index contributed by atoms with van der Waals surface area (Å²) in [7, 11) is 0. The zero-order valence-corrected chi connectivity index (χ0v) is 11.5. The van der Waals surface area contributed by atoms with Crippen LogP contribution in [-0.2, 0) is 4.79 Å². The van der Waals surface area contributed by atoms with Crippen molar-refractivity contribution in [2.45, 2.75) is 25.7 Å². The SMILES string of the molecule is NC(=S)c1ccc(Cl)cc1NC(=O)CC1CCC1. The minimum Gasteiger partial charge on any atom is -0.389 e. The second-order valence-corrected chi connectivity index (χ2v) is 5.48. The van der Waals surface area contributed by atoms with Gasteiger partial charge in [-0.2, -0.15) is 0 Å². The average Bonchev–Trinajstić information content (AvgIpc) is 2.23. The molecule has 1 aliphatic carbocycles. The quantitative estimate of drug-likeness (QED) is 0.835. The van der Waals surface area contributed by atoms with Crippen LogP contribution in [0.2, 0.25) is 5.02 Å². The van der Waals surface area contributed by atoms with Gasteiger partial charge in [-0.25, -0.2) is 0 Å². The Balaban J connectivity index is 2.08. The molecule has 96 valence electrons. The fourth-order valence-electron chi connectivity index (χ4n) is 2.00. The third-order valence-electron chi connectivity index (χ3n) is 3.22. The Morgan fingerprint density at radius 1 is 1.50 bits per heavy atom. The maximum absolute atomic E-state index is 11.9. The highest BCUT2D eigenvalue weighted by Crippen LogP contribution is 2.30. The standard InChI is InChI=1S/C13H15ClN2OS/c14-9-4-5-10(13(15)18)11(7-9)16-12(17)6-8-2-1-3-8/h4-5,7-8H,1-3,6H2,(H2,15,18)(H,16,17). The zero-order valence-electron chi connectivity index (χ0n) is 9.91. The fourth-order valence-corrected chi connectivity index (χ4v) is 2.35. The first-order valence-electron chi connectivity index (χ1n) is 5.95. The number of thiocarbonyl (C=S) groups is 1. The highest BCUT2D eigenvalue weighted by molar-refractivity contribution is 7.80. The number of halogens is 1. The van der Waals surface area contributed by atoms with Crippen LogP contribution >= 0.6 is 23.8 Å². The van der Waals surface area contributed by atoms with Crippen LogP contribution in [0.5, 0.6) is 0 Å². The number of hydrogen-bond acceptors (Lipinski definition) is 2. The van der Waals surface area contributed by atoms with Gasteiger partial charge in [0.1, 0.15) is 4.99 Å². The number of hydrogen-bond donors (Lipinski definition) is 2. The monoisotopic (exact) mass is 282 g/mol. The molecular weight excluding hydrogens is 268 g/mol. The van der Waals surface area contributed by atoms with Gasteiger partial charge in [-0.15, -0.1) is 0 Å². The lowest BCUT2D eigenvalue weighted by Gasteiger charge is -2.24. The molecule has 3 N–H and O–H groups in total. The predicted octanol–water partition coefficient (Wildman–Crippen LogP) is 3.10. The Labute approximate surface area is 117 Å². The highest BCUT2D eigenvalue weighted by Gasteiger charge is 2.21. The van der Waals surface area contributed by atoms with Gasteiger partial charge in [-0.05, 0) is 37.0 Å². The number of amides is 1. The number of nitrogens with one attached hydrogen (secondary N) is 1. The van der Waals surface area contributed by atoms with Gasteiger partial charge >= 0.3 is 0 Å². The predicted molar refractivity (Wildman–Crippen MR) is 77.9 cm³/mol. The summed E-state index contributed by atoms with van der Waals surface area (Å²) in [6, 6.07) is 5.11. The number of benzene rings is 1. The van der Waals surface area contributed by atoms with Gasteiger partial charge in [-0.3, -0.25) is 4.79 Å². The normalized spacial score (nSPS) is 14.9. The summed E-state index contributed by atoms with van der Waals surface area (Å²) < 4.78 is 0. The Kier molecular flexibility index (Phi) is 4.19. The maximum Gasteiger partial charge on any atom is 0.224 e. The first-order chi connectivity index (χ1) is 8.56. The van der Waals surface area contributed by atoms with Crippen molar-refractivity contribution in [1.29, 1.82) is 0 Å². The van der Waals surface area contributed by atoms with Gasteiger partial charge < -0.3 is 11.1 Å². The molecule has 1 saturated carbocycles. The molecule has 2 rings (SSSR count). The fraction of sp³-hybridized carbons (Fsp3) is 0.385. The molecule has 1 fully saturated rings. The molecule has 0 saturated heterocycles. The third-order valence-corrected chi connectivity index (χ3v) is 3.67. The van der Waals surface area contributed by atoms with Crippen LogP contribution in [0.1, 0.15) is 31.2 Å². The molecule has 3 nitrogen and oxygen atoms in total. The maximum atomic E-state index is 11.9. The highest BCUT2D eigenvalue weighted by atomic mass is 35.5. The van der Waals surface area contributed by atoms with E-state index in [9.17, 15) is 4.79 Å². The number of carbonyl (C=O) groups is 1. The van der Waals surface area contributed by atoms with E-state index in [-0.39, 0.29) is 10.9 Å². The Bertz CT molecular complexity index is 486. The van der Waals surface area contributed by atoms with E-state index in [1.807, 2.05) is 0 Å². The van der Waals surface area contributed by atoms with Crippen molar-refractivity contribution in [2.75, 3.05) is 5.32 Å². The van der Waals surface area contributed by atoms with E-state index in [2.05, 4.69) is 5.32 Å². The third kappa shape index (κ3) is 3.21. The molecule has 1 aromatic rings. The van der Waals surface area contributed by atoms with Gasteiger partial charge in [0.15, 0.2) is 0 Å². The van der Waals surface area contributed by atoms with Crippen molar-refractivity contribution in [3.8, 4) is 0 Å². The Morgan fingerprint density at radius 3 is 2.78 bits per heavy atom. The summed E-state index contributed by atoms with van der Waals surface area (Å²) in [5, 5.41) is 3.39. The average molecular weight is 283 g/mol. The van der Waals surface area contributed by atoms with Crippen LogP contribution in [0.4, 0.5) is 5.69 Å². The van der Waals surface area contributed by atoms with Crippen molar-refractivity contribution in [3.05, 3.63) is 28.8 Å². The van der Waals surface area contributed by atoms with Gasteiger partial charge in [0.25, 0.3) is 0 Å². The number of carbonyl (C=O) groups excluding carboxylic acids is 1. The first-order valence-corrected chi connectivity index (χ1v) is 6.74. The van der Waals surface area contributed by atoms with E-state index < -0.39 is 0 Å². The summed E-state index contributed by atoms with van der Waals surface area (Å²) in [6.45, 7) is 0. The van der Waals surface area contributed by atoms with Crippen LogP contribution in [0.15, 0.2) is 18.2 Å². The number of nitrogens with two attached hydrogens (primary N) is 1. The lowest BCUT2D eigenvalue weighted by molar-refractivity contribution is -0.117. The summed E-state index contributed by atoms with van der Waals surface area (Å²) in [4.78, 5) is 12.1. The molecule has 0 spiro atoms.